The summed E-state index contributed by atoms with van der Waals surface area (Å²) in [5.74, 6) is 0.669. The maximum atomic E-state index is 12.0. The average Bonchev–Trinajstić information content (AvgIpc) is 2.97. The summed E-state index contributed by atoms with van der Waals surface area (Å²) >= 11 is 0. The third-order valence-corrected chi connectivity index (χ3v) is 6.17. The van der Waals surface area contributed by atoms with Gasteiger partial charge in [-0.2, -0.15) is 0 Å². The van der Waals surface area contributed by atoms with Gasteiger partial charge in [0.25, 0.3) is 0 Å². The lowest BCUT2D eigenvalue weighted by molar-refractivity contribution is -0.132. The van der Waals surface area contributed by atoms with Crippen LogP contribution in [0.2, 0.25) is 0 Å². The van der Waals surface area contributed by atoms with E-state index < -0.39 is 11.2 Å². The lowest BCUT2D eigenvalue weighted by Crippen LogP contribution is -2.53. The van der Waals surface area contributed by atoms with Gasteiger partial charge >= 0.3 is 0 Å². The summed E-state index contributed by atoms with van der Waals surface area (Å²) in [5.41, 5.74) is 0.469. The number of hydrogen-bond donors (Lipinski definition) is 2. The fourth-order valence-electron chi connectivity index (χ4n) is 4.37. The van der Waals surface area contributed by atoms with Gasteiger partial charge in [-0.25, -0.2) is 0 Å². The van der Waals surface area contributed by atoms with Gasteiger partial charge in [0, 0.05) is 33.1 Å². The van der Waals surface area contributed by atoms with Crippen molar-refractivity contribution in [2.45, 2.75) is 57.7 Å². The van der Waals surface area contributed by atoms with E-state index in [1.54, 1.807) is 4.90 Å². The number of rotatable bonds is 5. The first-order chi connectivity index (χ1) is 13.2. The Morgan fingerprint density at radius 2 is 1.79 bits per heavy atom. The van der Waals surface area contributed by atoms with Crippen molar-refractivity contribution in [3.05, 3.63) is 29.3 Å². The topological polar surface area (TPSA) is 73.2 Å². The minimum atomic E-state index is -1.18. The van der Waals surface area contributed by atoms with Crippen LogP contribution in [0.1, 0.15) is 43.7 Å². The van der Waals surface area contributed by atoms with E-state index in [4.69, 9.17) is 4.74 Å². The second-order valence-corrected chi connectivity index (χ2v) is 8.84. The molecule has 1 aliphatic carbocycles. The third kappa shape index (κ3) is 5.25. The average molecular weight is 391 g/mol. The Kier molecular flexibility index (Phi) is 6.32. The van der Waals surface area contributed by atoms with E-state index in [-0.39, 0.29) is 19.1 Å². The molecule has 1 aromatic rings. The molecule has 28 heavy (non-hydrogen) atoms. The van der Waals surface area contributed by atoms with Crippen LogP contribution in [0.4, 0.5) is 0 Å². The van der Waals surface area contributed by atoms with Crippen molar-refractivity contribution in [3.8, 4) is 5.75 Å². The van der Waals surface area contributed by atoms with Gasteiger partial charge in [-0.3, -0.25) is 9.69 Å². The first-order valence-corrected chi connectivity index (χ1v) is 10.3. The zero-order valence-electron chi connectivity index (χ0n) is 17.4. The highest BCUT2D eigenvalue weighted by Crippen LogP contribution is 2.31. The van der Waals surface area contributed by atoms with E-state index in [0.717, 1.165) is 37.0 Å². The molecular formula is C22H34N2O4. The van der Waals surface area contributed by atoms with E-state index in [9.17, 15) is 15.0 Å². The molecule has 0 spiro atoms. The molecule has 156 valence electrons. The van der Waals surface area contributed by atoms with Gasteiger partial charge in [0.15, 0.2) is 0 Å². The van der Waals surface area contributed by atoms with Crippen molar-refractivity contribution in [3.63, 3.8) is 0 Å². The Morgan fingerprint density at radius 1 is 1.07 bits per heavy atom. The molecule has 1 aromatic carbocycles. The first-order valence-electron chi connectivity index (χ1n) is 10.3. The number of nitrogens with zero attached hydrogens (tertiary/aromatic N) is 2. The van der Waals surface area contributed by atoms with Crippen LogP contribution in [0.3, 0.4) is 0 Å². The Bertz CT molecular complexity index is 702. The predicted octanol–water partition coefficient (Wildman–Crippen LogP) is 1.88. The Labute approximate surface area is 168 Å². The van der Waals surface area contributed by atoms with E-state index in [1.165, 1.54) is 12.5 Å². The van der Waals surface area contributed by atoms with Crippen LogP contribution in [0, 0.1) is 13.8 Å². The monoisotopic (exact) mass is 390 g/mol. The van der Waals surface area contributed by atoms with Gasteiger partial charge in [-0.1, -0.05) is 18.9 Å². The number of aryl methyl sites for hydroxylation is 2. The van der Waals surface area contributed by atoms with Crippen LogP contribution in [0.15, 0.2) is 18.2 Å². The number of aliphatic hydroxyl groups is 2. The highest BCUT2D eigenvalue weighted by molar-refractivity contribution is 5.73. The molecule has 1 amide bonds. The summed E-state index contributed by atoms with van der Waals surface area (Å²) in [5, 5.41) is 22.2. The molecule has 1 saturated carbocycles. The summed E-state index contributed by atoms with van der Waals surface area (Å²) in [4.78, 5) is 15.8. The number of hydrogen-bond acceptors (Lipinski definition) is 5. The zero-order chi connectivity index (χ0) is 20.4. The van der Waals surface area contributed by atoms with E-state index in [1.807, 2.05) is 32.0 Å². The molecule has 1 unspecified atom stereocenters. The molecule has 3 rings (SSSR count). The van der Waals surface area contributed by atoms with Crippen molar-refractivity contribution in [2.75, 3.05) is 39.3 Å². The zero-order valence-corrected chi connectivity index (χ0v) is 17.4. The van der Waals surface area contributed by atoms with Crippen molar-refractivity contribution in [2.24, 2.45) is 0 Å². The van der Waals surface area contributed by atoms with E-state index >= 15 is 0 Å². The number of benzene rings is 1. The van der Waals surface area contributed by atoms with Crippen LogP contribution >= 0.6 is 0 Å². The molecule has 1 atom stereocenters. The van der Waals surface area contributed by atoms with Gasteiger partial charge in [-0.15, -0.1) is 0 Å². The fraction of sp³-hybridized carbons (Fsp3) is 0.682. The van der Waals surface area contributed by atoms with Gasteiger partial charge in [-0.05, 0) is 49.9 Å². The van der Waals surface area contributed by atoms with Crippen molar-refractivity contribution in [1.82, 2.24) is 9.80 Å². The first kappa shape index (κ1) is 21.1. The minimum absolute atomic E-state index is 0.0500. The fourth-order valence-corrected chi connectivity index (χ4v) is 4.37. The highest BCUT2D eigenvalue weighted by Gasteiger charge is 2.40. The molecule has 2 N–H and O–H groups in total. The van der Waals surface area contributed by atoms with E-state index in [0.29, 0.717) is 26.2 Å². The van der Waals surface area contributed by atoms with E-state index in [2.05, 4.69) is 4.90 Å². The largest absolute Gasteiger partial charge is 0.490 e. The lowest BCUT2D eigenvalue weighted by atomic mass is 9.99. The highest BCUT2D eigenvalue weighted by atomic mass is 16.5. The maximum absolute atomic E-state index is 12.0. The normalized spacial score (nSPS) is 25.5. The number of amides is 1. The minimum Gasteiger partial charge on any atom is -0.490 e. The third-order valence-electron chi connectivity index (χ3n) is 6.17. The predicted molar refractivity (Wildman–Crippen MR) is 108 cm³/mol. The summed E-state index contributed by atoms with van der Waals surface area (Å²) < 4.78 is 5.93. The van der Waals surface area contributed by atoms with Crippen LogP contribution in [-0.2, 0) is 4.79 Å². The second kappa shape index (κ2) is 8.39. The smallest absolute Gasteiger partial charge is 0.219 e. The Morgan fingerprint density at radius 3 is 2.43 bits per heavy atom. The Balaban J connectivity index is 1.71. The molecule has 6 nitrogen and oxygen atoms in total. The lowest BCUT2D eigenvalue weighted by Gasteiger charge is -2.35. The van der Waals surface area contributed by atoms with Gasteiger partial charge < -0.3 is 19.8 Å². The summed E-state index contributed by atoms with van der Waals surface area (Å²) in [7, 11) is 0. The van der Waals surface area contributed by atoms with Crippen molar-refractivity contribution >= 4 is 5.91 Å². The van der Waals surface area contributed by atoms with Gasteiger partial charge in [0.05, 0.1) is 12.1 Å². The van der Waals surface area contributed by atoms with Crippen LogP contribution in [0.25, 0.3) is 0 Å². The van der Waals surface area contributed by atoms with Crippen LogP contribution in [0.5, 0.6) is 5.75 Å². The molecule has 0 radical (unpaired) electrons. The molecule has 0 aromatic heterocycles. The molecule has 1 heterocycles. The number of carbonyl (C=O) groups excluding carboxylic acids is 1. The standard InChI is InChI=1S/C22H34N2O4/c1-17-6-7-20(12-18(17)2)28-16-22(27)14-23(10-11-24(15-22)19(3)25)13-21(26)8-4-5-9-21/h6-7,12,26-27H,4-5,8-11,13-16H2,1-3H3. The quantitative estimate of drug-likeness (QED) is 0.803. The van der Waals surface area contributed by atoms with Crippen LogP contribution in [-0.4, -0.2) is 76.5 Å². The maximum Gasteiger partial charge on any atom is 0.219 e. The number of β-amino-alcohol motifs (C(OH)–C–C–N with tert-alkyl or cyclic N) is 2. The summed E-state index contributed by atoms with van der Waals surface area (Å²) in [6.07, 6.45) is 3.70. The van der Waals surface area contributed by atoms with Gasteiger partial charge in [0.1, 0.15) is 18.0 Å². The molecular weight excluding hydrogens is 356 g/mol. The second-order valence-electron chi connectivity index (χ2n) is 8.84. The molecule has 2 aliphatic rings. The molecule has 0 bridgehead atoms. The number of ether oxygens (including phenoxy) is 1. The molecule has 1 aliphatic heterocycles. The Hall–Kier alpha value is -1.63. The molecule has 1 saturated heterocycles. The number of carbonyl (C=O) groups is 1. The van der Waals surface area contributed by atoms with Crippen LogP contribution < -0.4 is 4.74 Å². The summed E-state index contributed by atoms with van der Waals surface area (Å²) in [6, 6.07) is 5.88. The van der Waals surface area contributed by atoms with Gasteiger partial charge in [0.2, 0.25) is 5.91 Å². The summed E-state index contributed by atoms with van der Waals surface area (Å²) in [6.45, 7) is 8.07. The molecule has 6 heteroatoms. The molecule has 2 fully saturated rings. The van der Waals surface area contributed by atoms with Crippen molar-refractivity contribution in [1.29, 1.82) is 0 Å². The van der Waals surface area contributed by atoms with Crippen molar-refractivity contribution < 1.29 is 19.7 Å². The SMILES string of the molecule is CC(=O)N1CCN(CC2(O)CCCC2)CC(O)(COc2ccc(C)c(C)c2)C1.